The maximum atomic E-state index is 13.9. The number of aliphatic hydroxyl groups excluding tert-OH is 1. The highest BCUT2D eigenvalue weighted by Crippen LogP contribution is 2.34. The summed E-state index contributed by atoms with van der Waals surface area (Å²) >= 11 is 0. The van der Waals surface area contributed by atoms with Crippen molar-refractivity contribution >= 4 is 23.8 Å². The summed E-state index contributed by atoms with van der Waals surface area (Å²) in [5, 5.41) is 19.0. The van der Waals surface area contributed by atoms with E-state index < -0.39 is 53.0 Å². The summed E-state index contributed by atoms with van der Waals surface area (Å²) in [6.45, 7) is 15.6. The predicted octanol–water partition coefficient (Wildman–Crippen LogP) is 1.89. The number of primary amides is 1. The van der Waals surface area contributed by atoms with Crippen LogP contribution in [0.15, 0.2) is 0 Å². The molecule has 1 saturated heterocycles. The number of urea groups is 1. The second-order valence-corrected chi connectivity index (χ2v) is 13.3. The lowest BCUT2D eigenvalue weighted by molar-refractivity contribution is -0.144. The number of nitrogens with two attached hydrogens (primary N) is 1. The van der Waals surface area contributed by atoms with Crippen LogP contribution in [0.4, 0.5) is 4.79 Å². The first-order chi connectivity index (χ1) is 16.9. The van der Waals surface area contributed by atoms with Gasteiger partial charge in [-0.25, -0.2) is 4.79 Å². The van der Waals surface area contributed by atoms with Gasteiger partial charge in [-0.15, -0.1) is 0 Å². The molecule has 212 valence electrons. The topological polar surface area (TPSA) is 154 Å². The second-order valence-electron chi connectivity index (χ2n) is 13.3. The van der Waals surface area contributed by atoms with E-state index in [1.165, 1.54) is 0 Å². The summed E-state index contributed by atoms with van der Waals surface area (Å²) in [7, 11) is 0. The standard InChI is InChI=1S/C27H49N5O5/c1-15(2)17-12-13-32(24(36)21(26(3,4)5)30-25(37)31-27(6,7)8)19(17)23(35)29-18(20(33)22(28)34)14-16-10-9-11-16/h15-21,33H,9-14H2,1-8H3,(H2,28,34)(H,29,35)(H2,30,31,37)/t17?,18?,19-,20?,21+/m0/s1. The molecule has 0 aromatic heterocycles. The van der Waals surface area contributed by atoms with E-state index in [0.717, 1.165) is 19.3 Å². The van der Waals surface area contributed by atoms with Crippen molar-refractivity contribution in [2.24, 2.45) is 28.9 Å². The van der Waals surface area contributed by atoms with Gasteiger partial charge in [0, 0.05) is 12.1 Å². The molecule has 10 nitrogen and oxygen atoms in total. The number of hydrogen-bond donors (Lipinski definition) is 5. The molecular weight excluding hydrogens is 474 g/mol. The number of nitrogens with zero attached hydrogens (tertiary/aromatic N) is 1. The third-order valence-corrected chi connectivity index (χ3v) is 7.54. The van der Waals surface area contributed by atoms with Gasteiger partial charge in [-0.3, -0.25) is 14.4 Å². The van der Waals surface area contributed by atoms with Gasteiger partial charge in [0.25, 0.3) is 0 Å². The van der Waals surface area contributed by atoms with Gasteiger partial charge in [-0.1, -0.05) is 53.9 Å². The Balaban J connectivity index is 2.31. The van der Waals surface area contributed by atoms with Crippen LogP contribution in [0.25, 0.3) is 0 Å². The van der Waals surface area contributed by atoms with Crippen molar-refractivity contribution in [3.63, 3.8) is 0 Å². The number of aliphatic hydroxyl groups is 1. The summed E-state index contributed by atoms with van der Waals surface area (Å²) in [6, 6.07) is -2.91. The third kappa shape index (κ3) is 8.32. The van der Waals surface area contributed by atoms with Crippen LogP contribution < -0.4 is 21.7 Å². The van der Waals surface area contributed by atoms with Crippen LogP contribution in [0.5, 0.6) is 0 Å². The minimum atomic E-state index is -1.50. The fourth-order valence-corrected chi connectivity index (χ4v) is 5.24. The Morgan fingerprint density at radius 2 is 1.59 bits per heavy atom. The summed E-state index contributed by atoms with van der Waals surface area (Å²) in [5.74, 6) is -1.29. The molecule has 0 aromatic rings. The second kappa shape index (κ2) is 12.0. The Hall–Kier alpha value is -2.36. The summed E-state index contributed by atoms with van der Waals surface area (Å²) < 4.78 is 0. The molecule has 6 N–H and O–H groups in total. The first kappa shape index (κ1) is 30.9. The quantitative estimate of drug-likeness (QED) is 0.312. The van der Waals surface area contributed by atoms with Gasteiger partial charge in [0.15, 0.2) is 6.10 Å². The lowest BCUT2D eigenvalue weighted by Crippen LogP contribution is -2.62. The smallest absolute Gasteiger partial charge is 0.315 e. The monoisotopic (exact) mass is 523 g/mol. The molecule has 5 amide bonds. The molecule has 2 rings (SSSR count). The molecule has 0 radical (unpaired) electrons. The maximum Gasteiger partial charge on any atom is 0.315 e. The highest BCUT2D eigenvalue weighted by molar-refractivity contribution is 5.93. The van der Waals surface area contributed by atoms with Crippen molar-refractivity contribution in [2.75, 3.05) is 6.54 Å². The fourth-order valence-electron chi connectivity index (χ4n) is 5.24. The van der Waals surface area contributed by atoms with Gasteiger partial charge in [0.2, 0.25) is 17.7 Å². The minimum Gasteiger partial charge on any atom is -0.381 e. The SMILES string of the molecule is CC(C)C1CCN(C(=O)[C@@H](NC(=O)NC(C)(C)C)C(C)(C)C)[C@@H]1C(=O)NC(CC1CCC1)C(O)C(N)=O. The Labute approximate surface area is 221 Å². The van der Waals surface area contributed by atoms with E-state index in [0.29, 0.717) is 25.3 Å². The van der Waals surface area contributed by atoms with Gasteiger partial charge in [0.05, 0.1) is 6.04 Å². The van der Waals surface area contributed by atoms with Gasteiger partial charge in [0.1, 0.15) is 12.1 Å². The van der Waals surface area contributed by atoms with Crippen LogP contribution in [0.2, 0.25) is 0 Å². The Morgan fingerprint density at radius 1 is 1.00 bits per heavy atom. The number of likely N-dealkylation sites (tertiary alicyclic amines) is 1. The minimum absolute atomic E-state index is 0.108. The van der Waals surface area contributed by atoms with Crippen molar-refractivity contribution in [1.29, 1.82) is 0 Å². The zero-order valence-electron chi connectivity index (χ0n) is 23.9. The van der Waals surface area contributed by atoms with Gasteiger partial charge in [-0.05, 0) is 56.8 Å². The van der Waals surface area contributed by atoms with Crippen LogP contribution >= 0.6 is 0 Å². The highest BCUT2D eigenvalue weighted by Gasteiger charge is 2.48. The predicted molar refractivity (Wildman–Crippen MR) is 142 cm³/mol. The van der Waals surface area contributed by atoms with Crippen LogP contribution in [-0.2, 0) is 14.4 Å². The molecule has 5 atom stereocenters. The average Bonchev–Trinajstić information content (AvgIpc) is 3.16. The largest absolute Gasteiger partial charge is 0.381 e. The molecule has 0 aromatic carbocycles. The molecule has 2 aliphatic rings. The lowest BCUT2D eigenvalue weighted by atomic mass is 9.79. The number of carbonyl (C=O) groups is 4. The van der Waals surface area contributed by atoms with Crippen LogP contribution in [-0.4, -0.2) is 70.1 Å². The van der Waals surface area contributed by atoms with Crippen molar-refractivity contribution in [3.05, 3.63) is 0 Å². The average molecular weight is 524 g/mol. The van der Waals surface area contributed by atoms with Crippen LogP contribution in [0.1, 0.15) is 87.5 Å². The summed E-state index contributed by atoms with van der Waals surface area (Å²) in [6.07, 6.45) is 2.65. The third-order valence-electron chi connectivity index (χ3n) is 7.54. The van der Waals surface area contributed by atoms with Crippen molar-refractivity contribution in [2.45, 2.75) is 117 Å². The first-order valence-electron chi connectivity index (χ1n) is 13.6. The Kier molecular flexibility index (Phi) is 10.0. The number of nitrogens with one attached hydrogen (secondary N) is 3. The zero-order valence-corrected chi connectivity index (χ0v) is 23.9. The fraction of sp³-hybridized carbons (Fsp3) is 0.852. The summed E-state index contributed by atoms with van der Waals surface area (Å²) in [4.78, 5) is 53.7. The normalized spacial score (nSPS) is 23.1. The van der Waals surface area contributed by atoms with Crippen LogP contribution in [0, 0.1) is 23.2 Å². The molecule has 0 spiro atoms. The van der Waals surface area contributed by atoms with Gasteiger partial charge < -0.3 is 31.7 Å². The van der Waals surface area contributed by atoms with Gasteiger partial charge in [-0.2, -0.15) is 0 Å². The van der Waals surface area contributed by atoms with E-state index in [9.17, 15) is 24.3 Å². The van der Waals surface area contributed by atoms with E-state index in [-0.39, 0.29) is 17.7 Å². The van der Waals surface area contributed by atoms with Crippen LogP contribution in [0.3, 0.4) is 0 Å². The van der Waals surface area contributed by atoms with Crippen molar-refractivity contribution < 1.29 is 24.3 Å². The van der Waals surface area contributed by atoms with Crippen molar-refractivity contribution in [3.8, 4) is 0 Å². The van der Waals surface area contributed by atoms with Crippen molar-refractivity contribution in [1.82, 2.24) is 20.9 Å². The first-order valence-corrected chi connectivity index (χ1v) is 13.6. The molecule has 1 heterocycles. The van der Waals surface area contributed by atoms with E-state index >= 15 is 0 Å². The lowest BCUT2D eigenvalue weighted by Gasteiger charge is -2.38. The zero-order chi connectivity index (χ0) is 28.3. The van der Waals surface area contributed by atoms with E-state index in [1.54, 1.807) is 4.90 Å². The molecule has 2 fully saturated rings. The summed E-state index contributed by atoms with van der Waals surface area (Å²) in [5.41, 5.74) is 4.29. The molecule has 10 heteroatoms. The number of rotatable bonds is 9. The Bertz CT molecular complexity index is 843. The molecule has 0 bridgehead atoms. The highest BCUT2D eigenvalue weighted by atomic mass is 16.3. The van der Waals surface area contributed by atoms with E-state index in [2.05, 4.69) is 16.0 Å². The molecule has 37 heavy (non-hydrogen) atoms. The van der Waals surface area contributed by atoms with E-state index in [1.807, 2.05) is 55.4 Å². The molecule has 3 unspecified atom stereocenters. The molecule has 1 aliphatic carbocycles. The molecule has 1 saturated carbocycles. The van der Waals surface area contributed by atoms with Gasteiger partial charge >= 0.3 is 6.03 Å². The molecular formula is C27H49N5O5. The van der Waals surface area contributed by atoms with E-state index in [4.69, 9.17) is 5.73 Å². The number of hydrogen-bond acceptors (Lipinski definition) is 5. The molecule has 1 aliphatic heterocycles. The Morgan fingerprint density at radius 3 is 2.03 bits per heavy atom. The number of amides is 5. The maximum absolute atomic E-state index is 13.9. The number of carbonyl (C=O) groups excluding carboxylic acids is 4.